The fourth-order valence-corrected chi connectivity index (χ4v) is 4.26. The van der Waals surface area contributed by atoms with Crippen LogP contribution in [-0.4, -0.2) is 58.5 Å². The summed E-state index contributed by atoms with van der Waals surface area (Å²) in [5.41, 5.74) is 9.06. The van der Waals surface area contributed by atoms with Gasteiger partial charge in [0.05, 0.1) is 56.0 Å². The summed E-state index contributed by atoms with van der Waals surface area (Å²) in [5.74, 6) is 1.01. The van der Waals surface area contributed by atoms with Crippen molar-refractivity contribution in [2.75, 3.05) is 31.7 Å². The van der Waals surface area contributed by atoms with Gasteiger partial charge in [-0.15, -0.1) is 0 Å². The topological polar surface area (TPSA) is 124 Å². The van der Waals surface area contributed by atoms with E-state index in [0.717, 1.165) is 16.9 Å². The van der Waals surface area contributed by atoms with E-state index in [1.165, 1.54) is 25.6 Å². The van der Waals surface area contributed by atoms with Crippen molar-refractivity contribution in [1.82, 2.24) is 19.6 Å². The summed E-state index contributed by atoms with van der Waals surface area (Å²) >= 11 is 0. The summed E-state index contributed by atoms with van der Waals surface area (Å²) < 4.78 is 32.1. The highest BCUT2D eigenvalue weighted by Gasteiger charge is 2.33. The van der Waals surface area contributed by atoms with Gasteiger partial charge in [-0.05, 0) is 25.1 Å². The predicted molar refractivity (Wildman–Crippen MR) is 130 cm³/mol. The molecule has 0 aliphatic carbocycles. The van der Waals surface area contributed by atoms with E-state index in [1.54, 1.807) is 16.9 Å². The van der Waals surface area contributed by atoms with Crippen molar-refractivity contribution in [2.45, 2.75) is 19.1 Å². The molecule has 36 heavy (non-hydrogen) atoms. The van der Waals surface area contributed by atoms with Crippen molar-refractivity contribution in [3.8, 4) is 34.6 Å². The van der Waals surface area contributed by atoms with Gasteiger partial charge in [-0.25, -0.2) is 18.9 Å². The van der Waals surface area contributed by atoms with Crippen molar-refractivity contribution < 1.29 is 18.6 Å². The minimum atomic E-state index is -0.552. The van der Waals surface area contributed by atoms with Gasteiger partial charge in [0.25, 0.3) is 0 Å². The van der Waals surface area contributed by atoms with Crippen molar-refractivity contribution in [1.29, 1.82) is 5.26 Å². The number of nitrogens with two attached hydrogens (primary N) is 1. The Hall–Kier alpha value is -4.43. The molecule has 0 saturated carbocycles. The molecule has 11 heteroatoms. The van der Waals surface area contributed by atoms with E-state index in [-0.39, 0.29) is 23.8 Å². The lowest BCUT2D eigenvalue weighted by molar-refractivity contribution is 0.196. The minimum absolute atomic E-state index is 0.0471. The summed E-state index contributed by atoms with van der Waals surface area (Å²) in [5, 5.41) is 13.8. The van der Waals surface area contributed by atoms with E-state index in [4.69, 9.17) is 19.9 Å². The Balaban J connectivity index is 1.37. The third kappa shape index (κ3) is 4.34. The van der Waals surface area contributed by atoms with Crippen LogP contribution < -0.4 is 24.8 Å². The molecular formula is C25H24FN7O3. The van der Waals surface area contributed by atoms with Gasteiger partial charge in [0.15, 0.2) is 11.6 Å². The first-order chi connectivity index (χ1) is 17.5. The number of fused-ring (bicyclic) bond motifs is 1. The number of halogens is 1. The smallest absolute Gasteiger partial charge is 0.216 e. The van der Waals surface area contributed by atoms with Crippen LogP contribution in [0, 0.1) is 17.1 Å². The molecule has 4 aromatic heterocycles. The molecule has 4 aromatic rings. The van der Waals surface area contributed by atoms with E-state index in [9.17, 15) is 9.65 Å². The molecule has 10 nitrogen and oxygen atoms in total. The fourth-order valence-electron chi connectivity index (χ4n) is 4.26. The number of anilines is 1. The van der Waals surface area contributed by atoms with Crippen molar-refractivity contribution in [2.24, 2.45) is 5.73 Å². The van der Waals surface area contributed by atoms with Gasteiger partial charge in [-0.1, -0.05) is 0 Å². The molecule has 0 amide bonds. The largest absolute Gasteiger partial charge is 0.492 e. The van der Waals surface area contributed by atoms with Crippen LogP contribution in [0.1, 0.15) is 12.5 Å². The Morgan fingerprint density at radius 2 is 2.06 bits per heavy atom. The average Bonchev–Trinajstić information content (AvgIpc) is 3.47. The van der Waals surface area contributed by atoms with Gasteiger partial charge in [0, 0.05) is 29.9 Å². The van der Waals surface area contributed by atoms with E-state index in [0.29, 0.717) is 36.5 Å². The highest BCUT2D eigenvalue weighted by Crippen LogP contribution is 2.32. The van der Waals surface area contributed by atoms with Crippen LogP contribution in [0.25, 0.3) is 16.6 Å². The van der Waals surface area contributed by atoms with Crippen LogP contribution in [-0.2, 0) is 0 Å². The Kier molecular flexibility index (Phi) is 6.26. The molecule has 0 radical (unpaired) electrons. The Morgan fingerprint density at radius 1 is 1.19 bits per heavy atom. The zero-order chi connectivity index (χ0) is 25.2. The standard InChI is InChI=1S/C25H24FN7O3/c1-3-35-17-6-18(25-16(8-27)10-31-33(25)12-17)15-4-5-23(29-9-15)32-13-20(28)22(14-32)36-24-7-19(26)21(34-2)11-30-24/h4-7,9-12,20,22H,3,13-14,28H2,1-2H3/t20-,22-/m1/s1. The minimum Gasteiger partial charge on any atom is -0.492 e. The Morgan fingerprint density at radius 3 is 2.75 bits per heavy atom. The van der Waals surface area contributed by atoms with Gasteiger partial charge in [0.1, 0.15) is 23.7 Å². The first-order valence-electron chi connectivity index (χ1n) is 11.4. The number of rotatable bonds is 7. The molecule has 1 aliphatic rings. The lowest BCUT2D eigenvalue weighted by atomic mass is 10.1. The zero-order valence-corrected chi connectivity index (χ0v) is 19.8. The maximum Gasteiger partial charge on any atom is 0.216 e. The second-order valence-corrected chi connectivity index (χ2v) is 8.27. The average molecular weight is 490 g/mol. The second kappa shape index (κ2) is 9.67. The van der Waals surface area contributed by atoms with Gasteiger partial charge in [-0.2, -0.15) is 10.4 Å². The molecule has 2 atom stereocenters. The first kappa shape index (κ1) is 23.3. The molecule has 1 aliphatic heterocycles. The molecule has 0 aromatic carbocycles. The van der Waals surface area contributed by atoms with Crippen molar-refractivity contribution >= 4 is 11.3 Å². The van der Waals surface area contributed by atoms with Gasteiger partial charge in [-0.3, -0.25) is 0 Å². The quantitative estimate of drug-likeness (QED) is 0.417. The first-order valence-corrected chi connectivity index (χ1v) is 11.4. The molecule has 0 spiro atoms. The summed E-state index contributed by atoms with van der Waals surface area (Å²) in [7, 11) is 1.37. The second-order valence-electron chi connectivity index (χ2n) is 8.27. The normalized spacial score (nSPS) is 17.2. The van der Waals surface area contributed by atoms with Crippen LogP contribution in [0.2, 0.25) is 0 Å². The highest BCUT2D eigenvalue weighted by molar-refractivity contribution is 5.85. The third-order valence-corrected chi connectivity index (χ3v) is 6.00. The van der Waals surface area contributed by atoms with Crippen LogP contribution in [0.5, 0.6) is 17.4 Å². The number of hydrogen-bond donors (Lipinski definition) is 1. The molecule has 5 heterocycles. The fraction of sp³-hybridized carbons (Fsp3) is 0.280. The zero-order valence-electron chi connectivity index (χ0n) is 19.8. The number of ether oxygens (including phenoxy) is 3. The molecule has 1 fully saturated rings. The highest BCUT2D eigenvalue weighted by atomic mass is 19.1. The van der Waals surface area contributed by atoms with Crippen LogP contribution >= 0.6 is 0 Å². The van der Waals surface area contributed by atoms with E-state index < -0.39 is 5.82 Å². The lowest BCUT2D eigenvalue weighted by Gasteiger charge is -2.18. The Bertz CT molecular complexity index is 1430. The summed E-state index contributed by atoms with van der Waals surface area (Å²) in [6.45, 7) is 3.39. The summed E-state index contributed by atoms with van der Waals surface area (Å²) in [6, 6.07) is 8.77. The summed E-state index contributed by atoms with van der Waals surface area (Å²) in [6.07, 6.45) is 5.92. The van der Waals surface area contributed by atoms with Gasteiger partial charge < -0.3 is 24.8 Å². The number of aromatic nitrogens is 4. The number of pyridine rings is 3. The number of methoxy groups -OCH3 is 1. The number of nitrogens with zero attached hydrogens (tertiary/aromatic N) is 6. The maximum absolute atomic E-state index is 14.0. The molecule has 1 saturated heterocycles. The van der Waals surface area contributed by atoms with Gasteiger partial charge in [0.2, 0.25) is 5.88 Å². The molecular weight excluding hydrogens is 465 g/mol. The van der Waals surface area contributed by atoms with Crippen LogP contribution in [0.3, 0.4) is 0 Å². The molecule has 2 N–H and O–H groups in total. The monoisotopic (exact) mass is 489 g/mol. The van der Waals surface area contributed by atoms with E-state index >= 15 is 0 Å². The van der Waals surface area contributed by atoms with Crippen LogP contribution in [0.15, 0.2) is 49.1 Å². The SMILES string of the molecule is CCOc1cc(-c2ccc(N3C[C@@H](N)[C@H](Oc4cc(F)c(OC)cn4)C3)nc2)c2c(C#N)cnn2c1. The molecule has 0 unspecified atom stereocenters. The maximum atomic E-state index is 14.0. The van der Waals surface area contributed by atoms with Gasteiger partial charge >= 0.3 is 0 Å². The van der Waals surface area contributed by atoms with Crippen molar-refractivity contribution in [3.63, 3.8) is 0 Å². The van der Waals surface area contributed by atoms with E-state index in [2.05, 4.69) is 21.1 Å². The molecule has 5 rings (SSSR count). The number of nitriles is 1. The summed E-state index contributed by atoms with van der Waals surface area (Å²) in [4.78, 5) is 10.7. The predicted octanol–water partition coefficient (Wildman–Crippen LogP) is 2.80. The Labute approximate surface area is 206 Å². The lowest BCUT2D eigenvalue weighted by Crippen LogP contribution is -2.37. The third-order valence-electron chi connectivity index (χ3n) is 6.00. The molecule has 184 valence electrons. The van der Waals surface area contributed by atoms with Crippen LogP contribution in [0.4, 0.5) is 10.2 Å². The number of hydrogen-bond acceptors (Lipinski definition) is 9. The van der Waals surface area contributed by atoms with Crippen molar-refractivity contribution in [3.05, 3.63) is 60.4 Å². The van der Waals surface area contributed by atoms with E-state index in [1.807, 2.05) is 30.0 Å². The molecule has 0 bridgehead atoms.